The Kier molecular flexibility index (Phi) is 4.75. The van der Waals surface area contributed by atoms with Gasteiger partial charge in [0.25, 0.3) is 0 Å². The molecule has 1 saturated carbocycles. The van der Waals surface area contributed by atoms with E-state index < -0.39 is 0 Å². The Morgan fingerprint density at radius 1 is 1.39 bits per heavy atom. The number of aromatic nitrogens is 3. The topological polar surface area (TPSA) is 56.7 Å². The van der Waals surface area contributed by atoms with Crippen LogP contribution in [0, 0.1) is 5.92 Å². The second kappa shape index (κ2) is 6.32. The van der Waals surface area contributed by atoms with E-state index >= 15 is 0 Å². The molecule has 1 fully saturated rings. The fourth-order valence-electron chi connectivity index (χ4n) is 2.94. The second-order valence-electron chi connectivity index (χ2n) is 5.91. The lowest BCUT2D eigenvalue weighted by atomic mass is 9.97. The van der Waals surface area contributed by atoms with E-state index in [2.05, 4.69) is 23.9 Å². The minimum absolute atomic E-state index is 0.229. The molecule has 1 aliphatic carbocycles. The molecule has 1 heterocycles. The van der Waals surface area contributed by atoms with Crippen LogP contribution in [0.2, 0.25) is 0 Å². The average Bonchev–Trinajstić information content (AvgIpc) is 2.96. The van der Waals surface area contributed by atoms with Crippen molar-refractivity contribution in [2.45, 2.75) is 70.9 Å². The lowest BCUT2D eigenvalue weighted by Crippen LogP contribution is -2.26. The summed E-state index contributed by atoms with van der Waals surface area (Å²) in [5, 5.41) is 4.26. The van der Waals surface area contributed by atoms with Gasteiger partial charge in [0.05, 0.1) is 0 Å². The minimum atomic E-state index is 0.229. The van der Waals surface area contributed by atoms with Crippen LogP contribution in [0.4, 0.5) is 0 Å². The maximum atomic E-state index is 6.23. The lowest BCUT2D eigenvalue weighted by Gasteiger charge is -2.16. The highest BCUT2D eigenvalue weighted by atomic mass is 15.3. The van der Waals surface area contributed by atoms with Gasteiger partial charge >= 0.3 is 0 Å². The van der Waals surface area contributed by atoms with E-state index in [4.69, 9.17) is 5.73 Å². The third-order valence-corrected chi connectivity index (χ3v) is 4.00. The summed E-state index contributed by atoms with van der Waals surface area (Å²) in [7, 11) is 0. The average molecular weight is 250 g/mol. The SMILES string of the molecule is CC(C)n1ncnc1CC(N)CCC1CCCC1. The normalized spacial score (nSPS) is 18.7. The summed E-state index contributed by atoms with van der Waals surface area (Å²) < 4.78 is 1.98. The van der Waals surface area contributed by atoms with Gasteiger partial charge in [0, 0.05) is 18.5 Å². The van der Waals surface area contributed by atoms with Crippen LogP contribution < -0.4 is 5.73 Å². The third-order valence-electron chi connectivity index (χ3n) is 4.00. The summed E-state index contributed by atoms with van der Waals surface area (Å²) in [4.78, 5) is 4.33. The molecule has 18 heavy (non-hydrogen) atoms. The standard InChI is InChI=1S/C14H26N4/c1-11(2)18-14(16-10-17-18)9-13(15)8-7-12-5-3-4-6-12/h10-13H,3-9,15H2,1-2H3. The van der Waals surface area contributed by atoms with Crippen molar-refractivity contribution >= 4 is 0 Å². The van der Waals surface area contributed by atoms with Crippen molar-refractivity contribution in [2.75, 3.05) is 0 Å². The molecular formula is C14H26N4. The van der Waals surface area contributed by atoms with Gasteiger partial charge in [-0.2, -0.15) is 5.10 Å². The summed E-state index contributed by atoms with van der Waals surface area (Å²) in [5.74, 6) is 1.96. The van der Waals surface area contributed by atoms with Crippen LogP contribution in [-0.2, 0) is 6.42 Å². The van der Waals surface area contributed by atoms with Crippen molar-refractivity contribution in [1.82, 2.24) is 14.8 Å². The van der Waals surface area contributed by atoms with Gasteiger partial charge in [0.15, 0.2) is 0 Å². The largest absolute Gasteiger partial charge is 0.327 e. The molecule has 1 atom stereocenters. The predicted molar refractivity (Wildman–Crippen MR) is 73.3 cm³/mol. The number of nitrogens with zero attached hydrogens (tertiary/aromatic N) is 3. The van der Waals surface area contributed by atoms with Crippen molar-refractivity contribution in [3.05, 3.63) is 12.2 Å². The Hall–Kier alpha value is -0.900. The third kappa shape index (κ3) is 3.55. The van der Waals surface area contributed by atoms with Crippen molar-refractivity contribution in [3.63, 3.8) is 0 Å². The van der Waals surface area contributed by atoms with Gasteiger partial charge in [-0.1, -0.05) is 25.7 Å². The van der Waals surface area contributed by atoms with E-state index in [1.807, 2.05) is 4.68 Å². The Bertz CT molecular complexity index is 352. The molecule has 0 spiro atoms. The molecule has 1 aromatic heterocycles. The van der Waals surface area contributed by atoms with Crippen LogP contribution in [0.1, 0.15) is 64.2 Å². The molecule has 0 aliphatic heterocycles. The van der Waals surface area contributed by atoms with Crippen molar-refractivity contribution in [2.24, 2.45) is 11.7 Å². The van der Waals surface area contributed by atoms with Gasteiger partial charge in [-0.15, -0.1) is 0 Å². The molecule has 4 heteroatoms. The zero-order chi connectivity index (χ0) is 13.0. The van der Waals surface area contributed by atoms with Gasteiger partial charge in [0.2, 0.25) is 0 Å². The number of nitrogens with two attached hydrogens (primary N) is 1. The Balaban J connectivity index is 1.79. The van der Waals surface area contributed by atoms with Gasteiger partial charge in [-0.25, -0.2) is 9.67 Å². The Labute approximate surface area is 110 Å². The van der Waals surface area contributed by atoms with Crippen LogP contribution in [0.3, 0.4) is 0 Å². The summed E-state index contributed by atoms with van der Waals surface area (Å²) in [6.45, 7) is 4.25. The van der Waals surface area contributed by atoms with E-state index in [1.165, 1.54) is 32.1 Å². The van der Waals surface area contributed by atoms with Crippen LogP contribution in [0.25, 0.3) is 0 Å². The maximum Gasteiger partial charge on any atom is 0.138 e. The summed E-state index contributed by atoms with van der Waals surface area (Å²) in [5.41, 5.74) is 6.23. The van der Waals surface area contributed by atoms with Crippen molar-refractivity contribution in [3.8, 4) is 0 Å². The fraction of sp³-hybridized carbons (Fsp3) is 0.857. The molecule has 2 rings (SSSR count). The number of hydrogen-bond donors (Lipinski definition) is 1. The van der Waals surface area contributed by atoms with E-state index in [-0.39, 0.29) is 6.04 Å². The molecule has 0 radical (unpaired) electrons. The predicted octanol–water partition coefficient (Wildman–Crippen LogP) is 2.70. The van der Waals surface area contributed by atoms with E-state index in [0.29, 0.717) is 6.04 Å². The quantitative estimate of drug-likeness (QED) is 0.844. The van der Waals surface area contributed by atoms with E-state index in [1.54, 1.807) is 6.33 Å². The molecule has 4 nitrogen and oxygen atoms in total. The Morgan fingerprint density at radius 2 is 2.11 bits per heavy atom. The van der Waals surface area contributed by atoms with Gasteiger partial charge in [0.1, 0.15) is 12.2 Å². The highest BCUT2D eigenvalue weighted by Crippen LogP contribution is 2.29. The van der Waals surface area contributed by atoms with Gasteiger partial charge in [-0.3, -0.25) is 0 Å². The van der Waals surface area contributed by atoms with Crippen LogP contribution >= 0.6 is 0 Å². The molecule has 2 N–H and O–H groups in total. The number of rotatable bonds is 6. The summed E-state index contributed by atoms with van der Waals surface area (Å²) >= 11 is 0. The first kappa shape index (κ1) is 13.5. The van der Waals surface area contributed by atoms with Crippen LogP contribution in [0.5, 0.6) is 0 Å². The van der Waals surface area contributed by atoms with Gasteiger partial charge in [-0.05, 0) is 32.6 Å². The monoisotopic (exact) mass is 250 g/mol. The highest BCUT2D eigenvalue weighted by Gasteiger charge is 2.17. The highest BCUT2D eigenvalue weighted by molar-refractivity contribution is 4.90. The molecular weight excluding hydrogens is 224 g/mol. The van der Waals surface area contributed by atoms with Crippen molar-refractivity contribution in [1.29, 1.82) is 0 Å². The molecule has 0 amide bonds. The molecule has 0 saturated heterocycles. The van der Waals surface area contributed by atoms with Crippen molar-refractivity contribution < 1.29 is 0 Å². The van der Waals surface area contributed by atoms with E-state index in [9.17, 15) is 0 Å². The molecule has 102 valence electrons. The first-order chi connectivity index (χ1) is 8.66. The zero-order valence-electron chi connectivity index (χ0n) is 11.7. The molecule has 0 aromatic carbocycles. The smallest absolute Gasteiger partial charge is 0.138 e. The molecule has 1 aliphatic rings. The summed E-state index contributed by atoms with van der Waals surface area (Å²) in [6.07, 6.45) is 10.6. The Morgan fingerprint density at radius 3 is 2.78 bits per heavy atom. The minimum Gasteiger partial charge on any atom is -0.327 e. The lowest BCUT2D eigenvalue weighted by molar-refractivity contribution is 0.432. The summed E-state index contributed by atoms with van der Waals surface area (Å²) in [6, 6.07) is 0.594. The molecule has 1 aromatic rings. The fourth-order valence-corrected chi connectivity index (χ4v) is 2.94. The van der Waals surface area contributed by atoms with Crippen LogP contribution in [-0.4, -0.2) is 20.8 Å². The first-order valence-corrected chi connectivity index (χ1v) is 7.30. The number of hydrogen-bond acceptors (Lipinski definition) is 3. The second-order valence-corrected chi connectivity index (χ2v) is 5.91. The molecule has 0 bridgehead atoms. The van der Waals surface area contributed by atoms with Gasteiger partial charge < -0.3 is 5.73 Å². The zero-order valence-corrected chi connectivity index (χ0v) is 11.7. The first-order valence-electron chi connectivity index (χ1n) is 7.30. The van der Waals surface area contributed by atoms with Crippen LogP contribution in [0.15, 0.2) is 6.33 Å². The molecule has 1 unspecified atom stereocenters. The van der Waals surface area contributed by atoms with E-state index in [0.717, 1.165) is 24.6 Å². The maximum absolute atomic E-state index is 6.23.